The van der Waals surface area contributed by atoms with Crippen molar-refractivity contribution < 1.29 is 9.59 Å². The Morgan fingerprint density at radius 1 is 0.917 bits per heavy atom. The van der Waals surface area contributed by atoms with Crippen LogP contribution in [-0.4, -0.2) is 38.6 Å². The molecule has 0 unspecified atom stereocenters. The van der Waals surface area contributed by atoms with Gasteiger partial charge in [-0.25, -0.2) is 4.99 Å². The van der Waals surface area contributed by atoms with Gasteiger partial charge in [-0.15, -0.1) is 0 Å². The summed E-state index contributed by atoms with van der Waals surface area (Å²) in [6.45, 7) is 1.08. The molecule has 1 saturated carbocycles. The number of anilines is 2. The molecule has 0 bridgehead atoms. The second-order valence-electron chi connectivity index (χ2n) is 8.11. The molecule has 3 rings (SSSR count). The fraction of sp³-hybridized carbons (Fsp3) is 0.385. The van der Waals surface area contributed by atoms with Gasteiger partial charge in [0, 0.05) is 30.3 Å². The Kier molecular flexibility index (Phi) is 14.6. The van der Waals surface area contributed by atoms with Gasteiger partial charge >= 0.3 is 0 Å². The fourth-order valence-corrected chi connectivity index (χ4v) is 3.57. The minimum absolute atomic E-state index is 0.00230. The minimum atomic E-state index is -0.00230. The van der Waals surface area contributed by atoms with Crippen LogP contribution in [0.3, 0.4) is 0 Å². The van der Waals surface area contributed by atoms with E-state index in [1.807, 2.05) is 55.6 Å². The Morgan fingerprint density at radius 3 is 1.92 bits per heavy atom. The molecule has 0 spiro atoms. The van der Waals surface area contributed by atoms with E-state index in [-0.39, 0.29) is 23.7 Å². The highest BCUT2D eigenvalue weighted by Gasteiger charge is 2.25. The summed E-state index contributed by atoms with van der Waals surface area (Å²) in [5.74, 6) is 0.209. The molecule has 0 aromatic heterocycles. The first-order valence-corrected chi connectivity index (χ1v) is 11.9. The van der Waals surface area contributed by atoms with E-state index in [9.17, 15) is 9.59 Å². The van der Waals surface area contributed by atoms with Crippen LogP contribution >= 0.6 is 0 Å². The molecule has 2 aromatic carbocycles. The quantitative estimate of drug-likeness (QED) is 0.183. The van der Waals surface area contributed by atoms with Crippen LogP contribution in [0.1, 0.15) is 36.8 Å². The summed E-state index contributed by atoms with van der Waals surface area (Å²) in [4.78, 5) is 30.8. The number of nitrogens with two attached hydrogens (primary N) is 4. The Labute approximate surface area is 213 Å². The first-order valence-electron chi connectivity index (χ1n) is 11.9. The first-order chi connectivity index (χ1) is 17.4. The van der Waals surface area contributed by atoms with E-state index in [0.717, 1.165) is 54.5 Å². The van der Waals surface area contributed by atoms with Gasteiger partial charge in [-0.3, -0.25) is 9.79 Å². The molecule has 1 amide bonds. The highest BCUT2D eigenvalue weighted by Crippen LogP contribution is 2.28. The molecule has 1 aliphatic rings. The molecular formula is C26H40N8O2. The smallest absolute Gasteiger partial charge is 0.227 e. The number of aldehydes is 1. The van der Waals surface area contributed by atoms with Crippen molar-refractivity contribution in [1.29, 1.82) is 0 Å². The van der Waals surface area contributed by atoms with Crippen molar-refractivity contribution in [2.75, 3.05) is 24.7 Å². The zero-order chi connectivity index (χ0) is 26.8. The van der Waals surface area contributed by atoms with Crippen molar-refractivity contribution in [3.05, 3.63) is 59.7 Å². The second kappa shape index (κ2) is 17.5. The topological polar surface area (TPSA) is 187 Å². The molecule has 10 heteroatoms. The third kappa shape index (κ3) is 11.5. The average molecular weight is 497 g/mol. The third-order valence-electron chi connectivity index (χ3n) is 5.62. The van der Waals surface area contributed by atoms with Crippen LogP contribution in [0.25, 0.3) is 0 Å². The maximum absolute atomic E-state index is 12.2. The molecule has 0 atom stereocenters. The van der Waals surface area contributed by atoms with Crippen LogP contribution in [-0.2, 0) is 22.7 Å². The lowest BCUT2D eigenvalue weighted by Crippen LogP contribution is -2.27. The molecule has 10 N–H and O–H groups in total. The molecular weight excluding hydrogens is 456 g/mol. The van der Waals surface area contributed by atoms with Gasteiger partial charge < -0.3 is 38.4 Å². The van der Waals surface area contributed by atoms with Crippen molar-refractivity contribution in [3.63, 3.8) is 0 Å². The Balaban J connectivity index is 0.000000391. The lowest BCUT2D eigenvalue weighted by Gasteiger charge is -2.24. The lowest BCUT2D eigenvalue weighted by atomic mass is 9.82. The summed E-state index contributed by atoms with van der Waals surface area (Å²) < 4.78 is 0. The van der Waals surface area contributed by atoms with Crippen molar-refractivity contribution in [2.45, 2.75) is 38.8 Å². The molecule has 1 aliphatic carbocycles. The number of rotatable bonds is 8. The number of hydrogen-bond donors (Lipinski definition) is 6. The van der Waals surface area contributed by atoms with E-state index >= 15 is 0 Å². The molecule has 0 aliphatic heterocycles. The van der Waals surface area contributed by atoms with Gasteiger partial charge in [0.1, 0.15) is 6.29 Å². The van der Waals surface area contributed by atoms with Gasteiger partial charge in [-0.1, -0.05) is 24.3 Å². The van der Waals surface area contributed by atoms with Crippen LogP contribution < -0.4 is 33.6 Å². The van der Waals surface area contributed by atoms with Crippen LogP contribution in [0.4, 0.5) is 11.4 Å². The molecule has 0 saturated heterocycles. The maximum Gasteiger partial charge on any atom is 0.227 e. The highest BCUT2D eigenvalue weighted by molar-refractivity contribution is 5.92. The summed E-state index contributed by atoms with van der Waals surface area (Å²) in [6.07, 6.45) is 5.49. The fourth-order valence-electron chi connectivity index (χ4n) is 3.57. The minimum Gasteiger partial charge on any atom is -0.390 e. The van der Waals surface area contributed by atoms with Gasteiger partial charge in [0.15, 0.2) is 5.96 Å². The predicted molar refractivity (Wildman–Crippen MR) is 149 cm³/mol. The van der Waals surface area contributed by atoms with Crippen LogP contribution in [0.15, 0.2) is 58.5 Å². The van der Waals surface area contributed by atoms with E-state index in [1.165, 1.54) is 13.4 Å². The summed E-state index contributed by atoms with van der Waals surface area (Å²) in [5, 5.41) is 5.97. The van der Waals surface area contributed by atoms with Crippen molar-refractivity contribution in [1.82, 2.24) is 0 Å². The highest BCUT2D eigenvalue weighted by atomic mass is 16.1. The maximum atomic E-state index is 12.2. The number of nitrogens with one attached hydrogen (secondary N) is 2. The number of benzene rings is 2. The average Bonchev–Trinajstić information content (AvgIpc) is 2.93. The second-order valence-corrected chi connectivity index (χ2v) is 8.11. The Hall–Kier alpha value is -3.92. The normalized spacial score (nSPS) is 16.4. The number of nitrogens with zero attached hydrogens (tertiary/aromatic N) is 2. The van der Waals surface area contributed by atoms with Crippen LogP contribution in [0.2, 0.25) is 0 Å². The van der Waals surface area contributed by atoms with E-state index in [0.29, 0.717) is 13.1 Å². The number of guanidine groups is 1. The van der Waals surface area contributed by atoms with E-state index in [4.69, 9.17) is 17.2 Å². The Morgan fingerprint density at radius 2 is 1.44 bits per heavy atom. The van der Waals surface area contributed by atoms with Gasteiger partial charge in [0.2, 0.25) is 5.91 Å². The van der Waals surface area contributed by atoms with Crippen molar-refractivity contribution in [2.24, 2.45) is 44.8 Å². The summed E-state index contributed by atoms with van der Waals surface area (Å²) >= 11 is 0. The van der Waals surface area contributed by atoms with Crippen molar-refractivity contribution >= 4 is 35.9 Å². The molecule has 10 nitrogen and oxygen atoms in total. The zero-order valence-corrected chi connectivity index (χ0v) is 21.2. The molecule has 1 fully saturated rings. The lowest BCUT2D eigenvalue weighted by molar-refractivity contribution is -0.122. The number of hydrogen-bond acceptors (Lipinski definition) is 6. The number of amides is 1. The summed E-state index contributed by atoms with van der Waals surface area (Å²) in [7, 11) is 3.40. The van der Waals surface area contributed by atoms with Gasteiger partial charge in [-0.05, 0) is 68.1 Å². The predicted octanol–water partition coefficient (Wildman–Crippen LogP) is 2.19. The van der Waals surface area contributed by atoms with Crippen LogP contribution in [0.5, 0.6) is 0 Å². The summed E-state index contributed by atoms with van der Waals surface area (Å²) in [5.41, 5.74) is 24.2. The standard InChI is InChI=1S/C16H22N4O2.C9H13N3.CH5N/c17-16(18)19-9-11-3-7-14(8-4-11)20-15(22)13-5-1-12(10-21)2-6-13;1-11-9-4-2-8(3-5-9)6-12-7-10;1-2/h3-4,7-8,10,12-13H,1-2,5-6,9H2,(H,20,22)(H4,17,18,19);2-5,7,11H,6H2,1H3,(H2,10,12);2H2,1H3. The number of carbonyl (C=O) groups is 2. The zero-order valence-electron chi connectivity index (χ0n) is 21.2. The monoisotopic (exact) mass is 496 g/mol. The molecule has 0 radical (unpaired) electrons. The van der Waals surface area contributed by atoms with Gasteiger partial charge in [0.05, 0.1) is 19.4 Å². The van der Waals surface area contributed by atoms with E-state index in [1.54, 1.807) is 0 Å². The first kappa shape index (κ1) is 30.1. The molecule has 36 heavy (non-hydrogen) atoms. The van der Waals surface area contributed by atoms with Gasteiger partial charge in [-0.2, -0.15) is 0 Å². The summed E-state index contributed by atoms with van der Waals surface area (Å²) in [6, 6.07) is 15.5. The number of carbonyl (C=O) groups excluding carboxylic acids is 2. The van der Waals surface area contributed by atoms with Gasteiger partial charge in [0.25, 0.3) is 0 Å². The molecule has 2 aromatic rings. The molecule has 196 valence electrons. The number of aliphatic imine (C=N–C) groups is 2. The van der Waals surface area contributed by atoms with Crippen molar-refractivity contribution in [3.8, 4) is 0 Å². The molecule has 0 heterocycles. The third-order valence-corrected chi connectivity index (χ3v) is 5.62. The SMILES string of the molecule is CN.CNc1ccc(CN=CN)cc1.NC(N)=NCc1ccc(NC(=O)C2CCC(C=O)CC2)cc1. The van der Waals surface area contributed by atoms with E-state index < -0.39 is 0 Å². The Bertz CT molecular complexity index is 947. The van der Waals surface area contributed by atoms with E-state index in [2.05, 4.69) is 26.4 Å². The largest absolute Gasteiger partial charge is 0.390 e. The van der Waals surface area contributed by atoms with Crippen LogP contribution in [0, 0.1) is 11.8 Å².